The highest BCUT2D eigenvalue weighted by Gasteiger charge is 2.17. The zero-order chi connectivity index (χ0) is 18.5. The number of ether oxygens (including phenoxy) is 2. The van der Waals surface area contributed by atoms with E-state index in [4.69, 9.17) is 4.74 Å². The van der Waals surface area contributed by atoms with Gasteiger partial charge in [-0.25, -0.2) is 4.79 Å². The van der Waals surface area contributed by atoms with Crippen molar-refractivity contribution in [3.05, 3.63) is 72.3 Å². The van der Waals surface area contributed by atoms with Gasteiger partial charge in [-0.05, 0) is 36.6 Å². The van der Waals surface area contributed by atoms with Crippen molar-refractivity contribution in [3.63, 3.8) is 0 Å². The molecule has 0 saturated carbocycles. The fraction of sp³-hybridized carbons (Fsp3) is 0.143. The fourth-order valence-corrected chi connectivity index (χ4v) is 2.63. The van der Waals surface area contributed by atoms with Gasteiger partial charge in [-0.2, -0.15) is 0 Å². The van der Waals surface area contributed by atoms with E-state index in [9.17, 15) is 9.59 Å². The molecule has 0 aliphatic carbocycles. The Labute approximate surface area is 151 Å². The molecule has 132 valence electrons. The van der Waals surface area contributed by atoms with Gasteiger partial charge in [0.15, 0.2) is 6.10 Å². The number of methoxy groups -OCH3 is 1. The normalized spacial score (nSPS) is 11.6. The lowest BCUT2D eigenvalue weighted by Gasteiger charge is -2.16. The van der Waals surface area contributed by atoms with Gasteiger partial charge >= 0.3 is 5.97 Å². The predicted molar refractivity (Wildman–Crippen MR) is 100 cm³/mol. The Morgan fingerprint density at radius 1 is 0.962 bits per heavy atom. The first kappa shape index (κ1) is 17.5. The lowest BCUT2D eigenvalue weighted by atomic mass is 10.1. The van der Waals surface area contributed by atoms with Crippen molar-refractivity contribution in [2.24, 2.45) is 0 Å². The van der Waals surface area contributed by atoms with E-state index in [-0.39, 0.29) is 5.91 Å². The molecule has 1 N–H and O–H groups in total. The molecule has 3 aromatic carbocycles. The van der Waals surface area contributed by atoms with Gasteiger partial charge in [0, 0.05) is 11.1 Å². The van der Waals surface area contributed by atoms with Crippen LogP contribution in [0.1, 0.15) is 17.3 Å². The summed E-state index contributed by atoms with van der Waals surface area (Å²) < 4.78 is 10.5. The van der Waals surface area contributed by atoms with Crippen LogP contribution in [-0.2, 0) is 9.53 Å². The number of esters is 1. The molecule has 1 atom stereocenters. The van der Waals surface area contributed by atoms with E-state index in [0.717, 1.165) is 10.8 Å². The summed E-state index contributed by atoms with van der Waals surface area (Å²) in [5, 5.41) is 4.75. The maximum Gasteiger partial charge on any atom is 0.337 e. The van der Waals surface area contributed by atoms with Crippen molar-refractivity contribution < 1.29 is 19.1 Å². The molecule has 0 aromatic heterocycles. The van der Waals surface area contributed by atoms with Gasteiger partial charge in [-0.15, -0.1) is 0 Å². The molecule has 0 saturated heterocycles. The van der Waals surface area contributed by atoms with E-state index < -0.39 is 12.1 Å². The predicted octanol–water partition coefficient (Wildman–Crippen LogP) is 4.03. The first-order valence-corrected chi connectivity index (χ1v) is 8.22. The highest BCUT2D eigenvalue weighted by atomic mass is 16.5. The van der Waals surface area contributed by atoms with Crippen LogP contribution in [0.2, 0.25) is 0 Å². The van der Waals surface area contributed by atoms with Crippen molar-refractivity contribution in [1.82, 2.24) is 0 Å². The van der Waals surface area contributed by atoms with Crippen LogP contribution in [0.15, 0.2) is 66.7 Å². The van der Waals surface area contributed by atoms with Gasteiger partial charge in [0.25, 0.3) is 5.91 Å². The third-order valence-corrected chi connectivity index (χ3v) is 3.97. The Morgan fingerprint density at radius 3 is 2.50 bits per heavy atom. The number of anilines is 1. The lowest BCUT2D eigenvalue weighted by molar-refractivity contribution is -0.122. The molecular formula is C21H19NO4. The molecule has 0 aliphatic rings. The second kappa shape index (κ2) is 7.70. The zero-order valence-corrected chi connectivity index (χ0v) is 14.6. The van der Waals surface area contributed by atoms with Gasteiger partial charge in [-0.3, -0.25) is 4.79 Å². The highest BCUT2D eigenvalue weighted by molar-refractivity contribution is 5.97. The molecule has 0 radical (unpaired) electrons. The molecule has 5 nitrogen and oxygen atoms in total. The maximum atomic E-state index is 12.5. The van der Waals surface area contributed by atoms with Crippen molar-refractivity contribution in [2.45, 2.75) is 13.0 Å². The van der Waals surface area contributed by atoms with Crippen molar-refractivity contribution >= 4 is 28.3 Å². The summed E-state index contributed by atoms with van der Waals surface area (Å²) in [5.74, 6) is -0.116. The quantitative estimate of drug-likeness (QED) is 0.706. The lowest BCUT2D eigenvalue weighted by Crippen LogP contribution is -2.30. The van der Waals surface area contributed by atoms with Crippen molar-refractivity contribution in [3.8, 4) is 5.75 Å². The van der Waals surface area contributed by atoms with Gasteiger partial charge in [-0.1, -0.05) is 42.5 Å². The SMILES string of the molecule is COC(=O)c1cccc(NC(=O)C(C)Oc2cccc3ccccc23)c1. The molecule has 0 bridgehead atoms. The minimum absolute atomic E-state index is 0.306. The summed E-state index contributed by atoms with van der Waals surface area (Å²) >= 11 is 0. The van der Waals surface area contributed by atoms with Crippen LogP contribution in [-0.4, -0.2) is 25.1 Å². The average molecular weight is 349 g/mol. The number of benzene rings is 3. The fourth-order valence-electron chi connectivity index (χ4n) is 2.63. The monoisotopic (exact) mass is 349 g/mol. The molecule has 0 heterocycles. The van der Waals surface area contributed by atoms with Crippen LogP contribution in [0.5, 0.6) is 5.75 Å². The summed E-state index contributed by atoms with van der Waals surface area (Å²) in [5.41, 5.74) is 0.874. The summed E-state index contributed by atoms with van der Waals surface area (Å²) in [6.45, 7) is 1.68. The molecule has 0 spiro atoms. The Bertz CT molecular complexity index is 946. The molecule has 1 unspecified atom stereocenters. The van der Waals surface area contributed by atoms with E-state index >= 15 is 0 Å². The van der Waals surface area contributed by atoms with Gasteiger partial charge < -0.3 is 14.8 Å². The van der Waals surface area contributed by atoms with Crippen LogP contribution in [0.4, 0.5) is 5.69 Å². The Hall–Kier alpha value is -3.34. The number of rotatable bonds is 5. The van der Waals surface area contributed by atoms with Gasteiger partial charge in [0.05, 0.1) is 12.7 Å². The van der Waals surface area contributed by atoms with Crippen LogP contribution < -0.4 is 10.1 Å². The zero-order valence-electron chi connectivity index (χ0n) is 14.6. The molecule has 3 rings (SSSR count). The van der Waals surface area contributed by atoms with Crippen LogP contribution >= 0.6 is 0 Å². The molecule has 1 amide bonds. The second-order valence-electron chi connectivity index (χ2n) is 5.80. The van der Waals surface area contributed by atoms with Crippen molar-refractivity contribution in [1.29, 1.82) is 0 Å². The number of carbonyl (C=O) groups excluding carboxylic acids is 2. The van der Waals surface area contributed by atoms with E-state index in [2.05, 4.69) is 10.1 Å². The van der Waals surface area contributed by atoms with Gasteiger partial charge in [0.1, 0.15) is 5.75 Å². The first-order chi connectivity index (χ1) is 12.6. The summed E-state index contributed by atoms with van der Waals surface area (Å²) in [6, 6.07) is 20.1. The molecule has 0 fully saturated rings. The summed E-state index contributed by atoms with van der Waals surface area (Å²) in [4.78, 5) is 24.0. The maximum absolute atomic E-state index is 12.5. The van der Waals surface area contributed by atoms with Crippen molar-refractivity contribution in [2.75, 3.05) is 12.4 Å². The molecule has 3 aromatic rings. The Morgan fingerprint density at radius 2 is 1.69 bits per heavy atom. The standard InChI is InChI=1S/C21H19NO4/c1-14(26-19-12-6-8-15-7-3-4-11-18(15)19)20(23)22-17-10-5-9-16(13-17)21(24)25-2/h3-14H,1-2H3,(H,22,23). The van der Waals surface area contributed by atoms with E-state index in [1.54, 1.807) is 31.2 Å². The average Bonchev–Trinajstić information content (AvgIpc) is 2.67. The van der Waals surface area contributed by atoms with Crippen LogP contribution in [0.3, 0.4) is 0 Å². The number of hydrogen-bond donors (Lipinski definition) is 1. The first-order valence-electron chi connectivity index (χ1n) is 8.22. The Balaban J connectivity index is 1.73. The van der Waals surface area contributed by atoms with Gasteiger partial charge in [0.2, 0.25) is 0 Å². The second-order valence-corrected chi connectivity index (χ2v) is 5.80. The summed E-state index contributed by atoms with van der Waals surface area (Å²) in [7, 11) is 1.31. The van der Waals surface area contributed by atoms with E-state index in [0.29, 0.717) is 17.0 Å². The number of carbonyl (C=O) groups is 2. The minimum atomic E-state index is -0.706. The molecular weight excluding hydrogens is 330 g/mol. The third-order valence-electron chi connectivity index (χ3n) is 3.97. The topological polar surface area (TPSA) is 64.6 Å². The minimum Gasteiger partial charge on any atom is -0.480 e. The third kappa shape index (κ3) is 3.83. The highest BCUT2D eigenvalue weighted by Crippen LogP contribution is 2.26. The Kier molecular flexibility index (Phi) is 5.17. The number of amides is 1. The summed E-state index contributed by atoms with van der Waals surface area (Å²) in [6.07, 6.45) is -0.706. The number of fused-ring (bicyclic) bond motifs is 1. The van der Waals surface area contributed by atoms with E-state index in [1.807, 2.05) is 42.5 Å². The van der Waals surface area contributed by atoms with E-state index in [1.165, 1.54) is 7.11 Å². The molecule has 5 heteroatoms. The van der Waals surface area contributed by atoms with Crippen LogP contribution in [0.25, 0.3) is 10.8 Å². The molecule has 0 aliphatic heterocycles. The number of nitrogens with one attached hydrogen (secondary N) is 1. The largest absolute Gasteiger partial charge is 0.480 e. The number of hydrogen-bond acceptors (Lipinski definition) is 4. The smallest absolute Gasteiger partial charge is 0.337 e. The van der Waals surface area contributed by atoms with Crippen LogP contribution in [0, 0.1) is 0 Å². The molecule has 26 heavy (non-hydrogen) atoms.